The largest absolute Gasteiger partial charge is 0.474 e. The molecule has 2 aromatic rings. The zero-order valence-electron chi connectivity index (χ0n) is 13.8. The zero-order chi connectivity index (χ0) is 17.6. The van der Waals surface area contributed by atoms with Gasteiger partial charge in [-0.3, -0.25) is 4.79 Å². The molecular formula is C19H20F2N2O2. The van der Waals surface area contributed by atoms with Crippen LogP contribution in [0.15, 0.2) is 42.6 Å². The van der Waals surface area contributed by atoms with E-state index in [2.05, 4.69) is 10.3 Å². The number of nitrogens with one attached hydrogen (secondary N) is 1. The minimum atomic E-state index is -0.692. The first-order valence-corrected chi connectivity index (χ1v) is 8.41. The van der Waals surface area contributed by atoms with Crippen molar-refractivity contribution in [3.63, 3.8) is 0 Å². The summed E-state index contributed by atoms with van der Waals surface area (Å²) in [5.41, 5.74) is 0.200. The third kappa shape index (κ3) is 4.98. The highest BCUT2D eigenvalue weighted by atomic mass is 19.1. The first-order chi connectivity index (χ1) is 12.1. The van der Waals surface area contributed by atoms with E-state index in [9.17, 15) is 13.6 Å². The average Bonchev–Trinajstić information content (AvgIpc) is 2.60. The Labute approximate surface area is 145 Å². The fourth-order valence-corrected chi connectivity index (χ4v) is 3.03. The molecule has 1 aliphatic rings. The molecule has 1 heterocycles. The van der Waals surface area contributed by atoms with Gasteiger partial charge >= 0.3 is 0 Å². The molecule has 1 aromatic heterocycles. The minimum absolute atomic E-state index is 0.0552. The lowest BCUT2D eigenvalue weighted by atomic mass is 9.92. The zero-order valence-corrected chi connectivity index (χ0v) is 13.8. The Hall–Kier alpha value is -2.50. The van der Waals surface area contributed by atoms with Crippen LogP contribution < -0.4 is 10.1 Å². The second-order valence-electron chi connectivity index (χ2n) is 6.24. The first kappa shape index (κ1) is 17.3. The van der Waals surface area contributed by atoms with E-state index in [0.717, 1.165) is 37.8 Å². The molecule has 0 unspecified atom stereocenters. The van der Waals surface area contributed by atoms with Gasteiger partial charge in [-0.05, 0) is 43.4 Å². The van der Waals surface area contributed by atoms with Crippen molar-refractivity contribution in [2.75, 3.05) is 0 Å². The molecule has 1 aliphatic carbocycles. The van der Waals surface area contributed by atoms with Crippen molar-refractivity contribution in [3.8, 4) is 5.88 Å². The van der Waals surface area contributed by atoms with E-state index in [-0.39, 0.29) is 30.0 Å². The quantitative estimate of drug-likeness (QED) is 0.903. The normalized spacial score (nSPS) is 20.1. The topological polar surface area (TPSA) is 51.2 Å². The van der Waals surface area contributed by atoms with Gasteiger partial charge in [0.25, 0.3) is 0 Å². The predicted octanol–water partition coefficient (Wildman–Crippen LogP) is 3.41. The molecule has 0 radical (unpaired) electrons. The van der Waals surface area contributed by atoms with Gasteiger partial charge in [0.15, 0.2) is 0 Å². The molecule has 3 rings (SSSR count). The second kappa shape index (κ2) is 8.05. The number of aromatic nitrogens is 1. The van der Waals surface area contributed by atoms with E-state index in [0.29, 0.717) is 5.88 Å². The molecule has 0 aliphatic heterocycles. The molecule has 25 heavy (non-hydrogen) atoms. The SMILES string of the molecule is O=C(Cc1ccc(F)cc1F)NC1CCC(Oc2ccccn2)CC1. The van der Waals surface area contributed by atoms with Gasteiger partial charge in [0.2, 0.25) is 11.8 Å². The van der Waals surface area contributed by atoms with Crippen LogP contribution in [-0.2, 0) is 11.2 Å². The number of ether oxygens (including phenoxy) is 1. The van der Waals surface area contributed by atoms with Crippen LogP contribution in [0.2, 0.25) is 0 Å². The summed E-state index contributed by atoms with van der Waals surface area (Å²) in [5.74, 6) is -0.975. The lowest BCUT2D eigenvalue weighted by Gasteiger charge is -2.29. The van der Waals surface area contributed by atoms with Gasteiger partial charge in [0.05, 0.1) is 6.42 Å². The molecule has 1 saturated carbocycles. The maximum Gasteiger partial charge on any atom is 0.224 e. The van der Waals surface area contributed by atoms with Crippen molar-refractivity contribution >= 4 is 5.91 Å². The van der Waals surface area contributed by atoms with Crippen LogP contribution in [0.5, 0.6) is 5.88 Å². The van der Waals surface area contributed by atoms with Gasteiger partial charge < -0.3 is 10.1 Å². The summed E-state index contributed by atoms with van der Waals surface area (Å²) in [4.78, 5) is 16.2. The number of benzene rings is 1. The standard InChI is InChI=1S/C19H20F2N2O2/c20-14-5-4-13(17(21)12-14)11-18(24)23-15-6-8-16(9-7-15)25-19-3-1-2-10-22-19/h1-5,10,12,15-16H,6-9,11H2,(H,23,24). The van der Waals surface area contributed by atoms with E-state index in [1.807, 2.05) is 18.2 Å². The Balaban J connectivity index is 1.44. The third-order valence-electron chi connectivity index (χ3n) is 4.33. The van der Waals surface area contributed by atoms with Gasteiger partial charge in [-0.2, -0.15) is 0 Å². The predicted molar refractivity (Wildman–Crippen MR) is 89.1 cm³/mol. The Kier molecular flexibility index (Phi) is 5.58. The fraction of sp³-hybridized carbons (Fsp3) is 0.368. The summed E-state index contributed by atoms with van der Waals surface area (Å²) in [7, 11) is 0. The molecule has 0 saturated heterocycles. The molecule has 0 atom stereocenters. The van der Waals surface area contributed by atoms with Gasteiger partial charge in [-0.15, -0.1) is 0 Å². The molecule has 6 heteroatoms. The molecular weight excluding hydrogens is 326 g/mol. The van der Waals surface area contributed by atoms with E-state index in [4.69, 9.17) is 4.74 Å². The summed E-state index contributed by atoms with van der Waals surface area (Å²) in [6.45, 7) is 0. The molecule has 1 amide bonds. The first-order valence-electron chi connectivity index (χ1n) is 8.41. The molecule has 0 bridgehead atoms. The minimum Gasteiger partial charge on any atom is -0.474 e. The monoisotopic (exact) mass is 346 g/mol. The Morgan fingerprint density at radius 1 is 1.16 bits per heavy atom. The summed E-state index contributed by atoms with van der Waals surface area (Å²) in [6, 6.07) is 8.85. The number of hydrogen-bond acceptors (Lipinski definition) is 3. The van der Waals surface area contributed by atoms with Crippen LogP contribution in [0.25, 0.3) is 0 Å². The summed E-state index contributed by atoms with van der Waals surface area (Å²) < 4.78 is 32.3. The number of pyridine rings is 1. The van der Waals surface area contributed by atoms with Gasteiger partial charge in [0.1, 0.15) is 17.7 Å². The summed E-state index contributed by atoms with van der Waals surface area (Å²) >= 11 is 0. The molecule has 1 N–H and O–H groups in total. The van der Waals surface area contributed by atoms with Crippen LogP contribution in [-0.4, -0.2) is 23.0 Å². The van der Waals surface area contributed by atoms with E-state index in [1.165, 1.54) is 6.07 Å². The number of carbonyl (C=O) groups is 1. The van der Waals surface area contributed by atoms with Crippen molar-refractivity contribution in [3.05, 3.63) is 59.8 Å². The highest BCUT2D eigenvalue weighted by Crippen LogP contribution is 2.23. The van der Waals surface area contributed by atoms with Gasteiger partial charge in [-0.25, -0.2) is 13.8 Å². The van der Waals surface area contributed by atoms with Crippen LogP contribution in [0.1, 0.15) is 31.2 Å². The molecule has 0 spiro atoms. The number of halogens is 2. The average molecular weight is 346 g/mol. The van der Waals surface area contributed by atoms with Crippen LogP contribution in [0.4, 0.5) is 8.78 Å². The van der Waals surface area contributed by atoms with Crippen molar-refractivity contribution in [2.24, 2.45) is 0 Å². The van der Waals surface area contributed by atoms with Crippen LogP contribution in [0, 0.1) is 11.6 Å². The van der Waals surface area contributed by atoms with Crippen LogP contribution in [0.3, 0.4) is 0 Å². The van der Waals surface area contributed by atoms with Crippen molar-refractivity contribution in [2.45, 2.75) is 44.2 Å². The number of rotatable bonds is 5. The van der Waals surface area contributed by atoms with E-state index < -0.39 is 11.6 Å². The van der Waals surface area contributed by atoms with Crippen LogP contribution >= 0.6 is 0 Å². The van der Waals surface area contributed by atoms with Crippen molar-refractivity contribution in [1.82, 2.24) is 10.3 Å². The van der Waals surface area contributed by atoms with Gasteiger partial charge in [0, 0.05) is 24.4 Å². The summed E-state index contributed by atoms with van der Waals surface area (Å²) in [5, 5.41) is 2.92. The highest BCUT2D eigenvalue weighted by Gasteiger charge is 2.24. The number of amides is 1. The lowest BCUT2D eigenvalue weighted by molar-refractivity contribution is -0.121. The Bertz CT molecular complexity index is 717. The van der Waals surface area contributed by atoms with Gasteiger partial charge in [-0.1, -0.05) is 12.1 Å². The summed E-state index contributed by atoms with van der Waals surface area (Å²) in [6.07, 6.45) is 4.95. The Morgan fingerprint density at radius 2 is 1.96 bits per heavy atom. The van der Waals surface area contributed by atoms with Crippen molar-refractivity contribution in [1.29, 1.82) is 0 Å². The number of hydrogen-bond donors (Lipinski definition) is 1. The van der Waals surface area contributed by atoms with E-state index >= 15 is 0 Å². The third-order valence-corrected chi connectivity index (χ3v) is 4.33. The van der Waals surface area contributed by atoms with Crippen molar-refractivity contribution < 1.29 is 18.3 Å². The molecule has 1 fully saturated rings. The molecule has 1 aromatic carbocycles. The molecule has 4 nitrogen and oxygen atoms in total. The smallest absolute Gasteiger partial charge is 0.224 e. The van der Waals surface area contributed by atoms with E-state index in [1.54, 1.807) is 6.20 Å². The highest BCUT2D eigenvalue weighted by molar-refractivity contribution is 5.78. The maximum absolute atomic E-state index is 13.6. The second-order valence-corrected chi connectivity index (χ2v) is 6.24. The maximum atomic E-state index is 13.6. The number of nitrogens with zero attached hydrogens (tertiary/aromatic N) is 1. The Morgan fingerprint density at radius 3 is 2.64 bits per heavy atom. The number of carbonyl (C=O) groups excluding carboxylic acids is 1. The fourth-order valence-electron chi connectivity index (χ4n) is 3.03. The molecule has 132 valence electrons. The lowest BCUT2D eigenvalue weighted by Crippen LogP contribution is -2.40.